The van der Waals surface area contributed by atoms with Crippen molar-refractivity contribution in [3.8, 4) is 0 Å². The Morgan fingerprint density at radius 2 is 2.25 bits per heavy atom. The van der Waals surface area contributed by atoms with Gasteiger partial charge in [-0.2, -0.15) is 0 Å². The molecule has 4 heteroatoms. The van der Waals surface area contributed by atoms with Crippen LogP contribution in [0.4, 0.5) is 0 Å². The van der Waals surface area contributed by atoms with Gasteiger partial charge in [0.1, 0.15) is 0 Å². The molecule has 16 heavy (non-hydrogen) atoms. The first-order valence-electron chi connectivity index (χ1n) is 5.11. The number of hydrogen-bond donors (Lipinski definition) is 0. The maximum absolute atomic E-state index is 11.3. The lowest BCUT2D eigenvalue weighted by Gasteiger charge is -2.01. The zero-order valence-corrected chi connectivity index (χ0v) is 9.87. The molecule has 0 N–H and O–H groups in total. The van der Waals surface area contributed by atoms with Crippen molar-refractivity contribution in [2.75, 3.05) is 12.9 Å². The number of esters is 1. The Hall–Kier alpha value is -1.29. The smallest absolute Gasteiger partial charge is 0.331 e. The topological polar surface area (TPSA) is 38.7 Å². The van der Waals surface area contributed by atoms with Gasteiger partial charge in [0.05, 0.1) is 12.2 Å². The van der Waals surface area contributed by atoms with E-state index in [2.05, 4.69) is 21.9 Å². The molecule has 0 unspecified atom stereocenters. The summed E-state index contributed by atoms with van der Waals surface area (Å²) < 4.78 is 4.67. The van der Waals surface area contributed by atoms with Gasteiger partial charge in [0.15, 0.2) is 6.04 Å². The highest BCUT2D eigenvalue weighted by molar-refractivity contribution is 8.14. The molecule has 0 fully saturated rings. The number of thioether (sulfide) groups is 1. The third-order valence-electron chi connectivity index (χ3n) is 2.38. The predicted octanol–water partition coefficient (Wildman–Crippen LogP) is 1.92. The third kappa shape index (κ3) is 2.64. The zero-order chi connectivity index (χ0) is 11.4. The van der Waals surface area contributed by atoms with Crippen LogP contribution in [-0.2, 0) is 16.0 Å². The summed E-state index contributed by atoms with van der Waals surface area (Å²) in [6.45, 7) is 0. The van der Waals surface area contributed by atoms with Gasteiger partial charge in [0.2, 0.25) is 0 Å². The highest BCUT2D eigenvalue weighted by Crippen LogP contribution is 2.21. The molecule has 1 atom stereocenters. The van der Waals surface area contributed by atoms with Crippen molar-refractivity contribution in [2.24, 2.45) is 4.99 Å². The van der Waals surface area contributed by atoms with Crippen molar-refractivity contribution >= 4 is 22.8 Å². The van der Waals surface area contributed by atoms with E-state index in [1.807, 2.05) is 18.2 Å². The van der Waals surface area contributed by atoms with Crippen LogP contribution in [0.3, 0.4) is 0 Å². The second-order valence-corrected chi connectivity index (χ2v) is 4.63. The predicted molar refractivity (Wildman–Crippen MR) is 65.8 cm³/mol. The normalized spacial score (nSPS) is 19.3. The molecule has 1 aliphatic rings. The number of aliphatic imine (C=N–C) groups is 1. The lowest BCUT2D eigenvalue weighted by atomic mass is 10.2. The molecule has 0 aromatic heterocycles. The van der Waals surface area contributed by atoms with Gasteiger partial charge in [-0.1, -0.05) is 30.3 Å². The molecule has 2 rings (SSSR count). The van der Waals surface area contributed by atoms with Gasteiger partial charge in [-0.15, -0.1) is 11.8 Å². The van der Waals surface area contributed by atoms with E-state index in [1.54, 1.807) is 11.8 Å². The summed E-state index contributed by atoms with van der Waals surface area (Å²) in [7, 11) is 1.40. The van der Waals surface area contributed by atoms with E-state index >= 15 is 0 Å². The monoisotopic (exact) mass is 235 g/mol. The minimum Gasteiger partial charge on any atom is -0.467 e. The largest absolute Gasteiger partial charge is 0.467 e. The lowest BCUT2D eigenvalue weighted by molar-refractivity contribution is -0.141. The van der Waals surface area contributed by atoms with Crippen LogP contribution in [0.5, 0.6) is 0 Å². The van der Waals surface area contributed by atoms with Crippen LogP contribution in [0.15, 0.2) is 35.3 Å². The Labute approximate surface area is 98.9 Å². The number of hydrogen-bond acceptors (Lipinski definition) is 4. The Balaban J connectivity index is 2.00. The molecule has 3 nitrogen and oxygen atoms in total. The van der Waals surface area contributed by atoms with Crippen LogP contribution in [0.25, 0.3) is 0 Å². The minimum atomic E-state index is -0.311. The lowest BCUT2D eigenvalue weighted by Crippen LogP contribution is -2.19. The van der Waals surface area contributed by atoms with Crippen LogP contribution in [0, 0.1) is 0 Å². The number of nitrogens with zero attached hydrogens (tertiary/aromatic N) is 1. The van der Waals surface area contributed by atoms with Crippen LogP contribution in [0.1, 0.15) is 5.56 Å². The first-order valence-corrected chi connectivity index (χ1v) is 6.09. The molecule has 1 heterocycles. The van der Waals surface area contributed by atoms with E-state index in [-0.39, 0.29) is 12.0 Å². The maximum Gasteiger partial charge on any atom is 0.331 e. The van der Waals surface area contributed by atoms with Gasteiger partial charge in [-0.05, 0) is 5.56 Å². The van der Waals surface area contributed by atoms with Gasteiger partial charge >= 0.3 is 5.97 Å². The van der Waals surface area contributed by atoms with Crippen LogP contribution in [-0.4, -0.2) is 29.9 Å². The van der Waals surface area contributed by atoms with E-state index < -0.39 is 0 Å². The zero-order valence-electron chi connectivity index (χ0n) is 9.05. The number of carbonyl (C=O) groups is 1. The Morgan fingerprint density at radius 1 is 1.50 bits per heavy atom. The maximum atomic E-state index is 11.3. The number of methoxy groups -OCH3 is 1. The fourth-order valence-corrected chi connectivity index (χ4v) is 2.58. The molecular weight excluding hydrogens is 222 g/mol. The summed E-state index contributed by atoms with van der Waals surface area (Å²) in [5, 5.41) is 1.02. The van der Waals surface area contributed by atoms with Gasteiger partial charge in [-0.3, -0.25) is 4.99 Å². The summed E-state index contributed by atoms with van der Waals surface area (Å²) in [6, 6.07) is 9.82. The summed E-state index contributed by atoms with van der Waals surface area (Å²) >= 11 is 1.64. The van der Waals surface area contributed by atoms with Crippen LogP contribution < -0.4 is 0 Å². The van der Waals surface area contributed by atoms with Crippen molar-refractivity contribution < 1.29 is 9.53 Å². The van der Waals surface area contributed by atoms with E-state index in [4.69, 9.17) is 0 Å². The quantitative estimate of drug-likeness (QED) is 0.751. The van der Waals surface area contributed by atoms with E-state index in [0.717, 1.165) is 11.5 Å². The van der Waals surface area contributed by atoms with Gasteiger partial charge < -0.3 is 4.74 Å². The number of benzene rings is 1. The van der Waals surface area contributed by atoms with Crippen molar-refractivity contribution in [1.29, 1.82) is 0 Å². The minimum absolute atomic E-state index is 0.240. The molecule has 1 aliphatic heterocycles. The fraction of sp³-hybridized carbons (Fsp3) is 0.333. The van der Waals surface area contributed by atoms with Gasteiger partial charge in [-0.25, -0.2) is 4.79 Å². The molecule has 1 aromatic rings. The number of carbonyl (C=O) groups excluding carboxylic acids is 1. The molecule has 0 saturated carbocycles. The summed E-state index contributed by atoms with van der Waals surface area (Å²) in [5.41, 5.74) is 1.22. The fourth-order valence-electron chi connectivity index (χ4n) is 1.55. The van der Waals surface area contributed by atoms with Crippen molar-refractivity contribution in [3.05, 3.63) is 35.9 Å². The first kappa shape index (κ1) is 11.2. The third-order valence-corrected chi connectivity index (χ3v) is 3.44. The summed E-state index contributed by atoms with van der Waals surface area (Å²) in [4.78, 5) is 15.6. The molecule has 0 spiro atoms. The van der Waals surface area contributed by atoms with Crippen LogP contribution >= 0.6 is 11.8 Å². The highest BCUT2D eigenvalue weighted by Gasteiger charge is 2.25. The molecular formula is C12H13NO2S. The Bertz CT molecular complexity index is 403. The highest BCUT2D eigenvalue weighted by atomic mass is 32.2. The van der Waals surface area contributed by atoms with Gasteiger partial charge in [0, 0.05) is 12.2 Å². The second-order valence-electron chi connectivity index (χ2n) is 3.54. The van der Waals surface area contributed by atoms with Crippen LogP contribution in [0.2, 0.25) is 0 Å². The Kier molecular flexibility index (Phi) is 3.62. The summed E-state index contributed by atoms with van der Waals surface area (Å²) in [5.74, 6) is 0.463. The average Bonchev–Trinajstić information content (AvgIpc) is 2.78. The van der Waals surface area contributed by atoms with Crippen molar-refractivity contribution in [3.63, 3.8) is 0 Å². The second kappa shape index (κ2) is 5.16. The SMILES string of the molecule is COC(=O)[C@@H]1CSC(Cc2ccccc2)=N1. The molecule has 0 radical (unpaired) electrons. The number of rotatable bonds is 3. The van der Waals surface area contributed by atoms with E-state index in [0.29, 0.717) is 5.75 Å². The number of ether oxygens (including phenoxy) is 1. The first-order chi connectivity index (χ1) is 7.79. The molecule has 1 aromatic carbocycles. The van der Waals surface area contributed by atoms with E-state index in [9.17, 15) is 4.79 Å². The standard InChI is InChI=1S/C12H13NO2S/c1-15-12(14)10-8-16-11(13-10)7-9-5-3-2-4-6-9/h2-6,10H,7-8H2,1H3/t10-/m0/s1. The van der Waals surface area contributed by atoms with E-state index in [1.165, 1.54) is 12.7 Å². The average molecular weight is 235 g/mol. The summed E-state index contributed by atoms with van der Waals surface area (Å²) in [6.07, 6.45) is 0.805. The molecule has 84 valence electrons. The molecule has 0 aliphatic carbocycles. The van der Waals surface area contributed by atoms with Gasteiger partial charge in [0.25, 0.3) is 0 Å². The van der Waals surface area contributed by atoms with Crippen molar-refractivity contribution in [2.45, 2.75) is 12.5 Å². The van der Waals surface area contributed by atoms with Crippen molar-refractivity contribution in [1.82, 2.24) is 0 Å². The molecule has 0 bridgehead atoms. The Morgan fingerprint density at radius 3 is 2.94 bits per heavy atom. The molecule has 0 amide bonds. The molecule has 0 saturated heterocycles.